The molecule has 0 saturated carbocycles. The van der Waals surface area contributed by atoms with Crippen LogP contribution in [0.5, 0.6) is 0 Å². The fourth-order valence-corrected chi connectivity index (χ4v) is 3.11. The first-order valence-electron chi connectivity index (χ1n) is 7.83. The number of nitrogens with one attached hydrogen (secondary N) is 1. The van der Waals surface area contributed by atoms with Crippen molar-refractivity contribution in [3.8, 4) is 0 Å². The molecule has 2 atom stereocenters. The van der Waals surface area contributed by atoms with Crippen molar-refractivity contribution in [2.24, 2.45) is 5.92 Å². The van der Waals surface area contributed by atoms with E-state index in [9.17, 15) is 0 Å². The van der Waals surface area contributed by atoms with Crippen molar-refractivity contribution in [1.29, 1.82) is 0 Å². The molecule has 1 aliphatic heterocycles. The number of benzene rings is 1. The van der Waals surface area contributed by atoms with Crippen LogP contribution in [0.2, 0.25) is 0 Å². The van der Waals surface area contributed by atoms with Crippen molar-refractivity contribution in [2.45, 2.75) is 38.8 Å². The zero-order valence-electron chi connectivity index (χ0n) is 12.9. The van der Waals surface area contributed by atoms with E-state index in [0.29, 0.717) is 18.0 Å². The molecular formula is C18H28N2. The largest absolute Gasteiger partial charge is 0.311 e. The Labute approximate surface area is 123 Å². The summed E-state index contributed by atoms with van der Waals surface area (Å²) in [7, 11) is 0. The molecule has 1 N–H and O–H groups in total. The monoisotopic (exact) mass is 272 g/mol. The lowest BCUT2D eigenvalue weighted by Crippen LogP contribution is -2.58. The molecule has 2 rings (SSSR count). The molecule has 1 saturated heterocycles. The van der Waals surface area contributed by atoms with Gasteiger partial charge in [0.05, 0.1) is 0 Å². The Kier molecular flexibility index (Phi) is 5.81. The smallest absolute Gasteiger partial charge is 0.0244 e. The highest BCUT2D eigenvalue weighted by molar-refractivity contribution is 5.16. The van der Waals surface area contributed by atoms with E-state index < -0.39 is 0 Å². The molecule has 1 fully saturated rings. The summed E-state index contributed by atoms with van der Waals surface area (Å²) in [6, 6.07) is 12.0. The lowest BCUT2D eigenvalue weighted by atomic mass is 9.95. The summed E-state index contributed by atoms with van der Waals surface area (Å²) in [5.74, 6) is 0.699. The fraction of sp³-hybridized carbons (Fsp3) is 0.556. The molecule has 0 bridgehead atoms. The fourth-order valence-electron chi connectivity index (χ4n) is 3.11. The molecule has 1 heterocycles. The summed E-state index contributed by atoms with van der Waals surface area (Å²) in [6.07, 6.45) is 4.24. The Morgan fingerprint density at radius 1 is 1.35 bits per heavy atom. The summed E-state index contributed by atoms with van der Waals surface area (Å²) < 4.78 is 0. The molecule has 20 heavy (non-hydrogen) atoms. The van der Waals surface area contributed by atoms with Crippen molar-refractivity contribution in [3.63, 3.8) is 0 Å². The van der Waals surface area contributed by atoms with E-state index >= 15 is 0 Å². The van der Waals surface area contributed by atoms with Crippen molar-refractivity contribution in [3.05, 3.63) is 48.6 Å². The molecule has 2 nitrogen and oxygen atoms in total. The van der Waals surface area contributed by atoms with Crippen LogP contribution in [0.3, 0.4) is 0 Å². The van der Waals surface area contributed by atoms with Crippen LogP contribution in [0, 0.1) is 5.92 Å². The minimum absolute atomic E-state index is 0.567. The molecule has 110 valence electrons. The predicted molar refractivity (Wildman–Crippen MR) is 86.9 cm³/mol. The van der Waals surface area contributed by atoms with E-state index in [1.807, 2.05) is 6.08 Å². The van der Waals surface area contributed by atoms with Crippen LogP contribution >= 0.6 is 0 Å². The van der Waals surface area contributed by atoms with E-state index in [2.05, 4.69) is 61.0 Å². The van der Waals surface area contributed by atoms with E-state index in [1.54, 1.807) is 0 Å². The second-order valence-corrected chi connectivity index (χ2v) is 6.18. The highest BCUT2D eigenvalue weighted by Crippen LogP contribution is 2.17. The molecule has 1 aliphatic rings. The third kappa shape index (κ3) is 4.19. The van der Waals surface area contributed by atoms with Gasteiger partial charge in [-0.05, 0) is 24.3 Å². The first kappa shape index (κ1) is 15.3. The molecule has 0 spiro atoms. The topological polar surface area (TPSA) is 15.3 Å². The minimum atomic E-state index is 0.567. The Balaban J connectivity index is 1.95. The van der Waals surface area contributed by atoms with Crippen LogP contribution in [-0.2, 0) is 6.42 Å². The average molecular weight is 272 g/mol. The first-order chi connectivity index (χ1) is 9.70. The number of hydrogen-bond acceptors (Lipinski definition) is 2. The Bertz CT molecular complexity index is 399. The van der Waals surface area contributed by atoms with Crippen LogP contribution in [0.15, 0.2) is 43.0 Å². The van der Waals surface area contributed by atoms with Gasteiger partial charge in [-0.15, -0.1) is 6.58 Å². The van der Waals surface area contributed by atoms with Crippen molar-refractivity contribution >= 4 is 0 Å². The van der Waals surface area contributed by atoms with Gasteiger partial charge < -0.3 is 5.32 Å². The van der Waals surface area contributed by atoms with Crippen molar-refractivity contribution in [2.75, 3.05) is 19.6 Å². The van der Waals surface area contributed by atoms with Crippen molar-refractivity contribution in [1.82, 2.24) is 10.2 Å². The third-order valence-electron chi connectivity index (χ3n) is 4.25. The van der Waals surface area contributed by atoms with Gasteiger partial charge in [-0.3, -0.25) is 4.90 Å². The van der Waals surface area contributed by atoms with Gasteiger partial charge in [0.2, 0.25) is 0 Å². The van der Waals surface area contributed by atoms with Crippen molar-refractivity contribution < 1.29 is 0 Å². The predicted octanol–water partition coefficient (Wildman–Crippen LogP) is 3.10. The van der Waals surface area contributed by atoms with E-state index in [4.69, 9.17) is 0 Å². The molecule has 0 radical (unpaired) electrons. The highest BCUT2D eigenvalue weighted by atomic mass is 15.2. The normalized spacial score (nSPS) is 23.9. The summed E-state index contributed by atoms with van der Waals surface area (Å²) in [5.41, 5.74) is 1.43. The number of hydrogen-bond donors (Lipinski definition) is 1. The lowest BCUT2D eigenvalue weighted by Gasteiger charge is -2.42. The molecular weight excluding hydrogens is 244 g/mol. The van der Waals surface area contributed by atoms with Gasteiger partial charge in [-0.2, -0.15) is 0 Å². The van der Waals surface area contributed by atoms with Gasteiger partial charge in [0.15, 0.2) is 0 Å². The summed E-state index contributed by atoms with van der Waals surface area (Å²) >= 11 is 0. The molecule has 2 unspecified atom stereocenters. The SMILES string of the molecule is C=CCCN1CC(Cc2ccccc2)NCC1C(C)C. The standard InChI is InChI=1S/C18H28N2/c1-4-5-11-20-14-17(19-13-18(20)15(2)3)12-16-9-7-6-8-10-16/h4,6-10,15,17-19H,1,5,11-14H2,2-3H3. The number of piperazine rings is 1. The van der Waals surface area contributed by atoms with E-state index in [0.717, 1.165) is 32.5 Å². The Hall–Kier alpha value is -1.12. The number of rotatable bonds is 6. The lowest BCUT2D eigenvalue weighted by molar-refractivity contribution is 0.100. The maximum Gasteiger partial charge on any atom is 0.0244 e. The Morgan fingerprint density at radius 3 is 2.75 bits per heavy atom. The van der Waals surface area contributed by atoms with Gasteiger partial charge >= 0.3 is 0 Å². The van der Waals surface area contributed by atoms with Gasteiger partial charge in [0.25, 0.3) is 0 Å². The zero-order chi connectivity index (χ0) is 14.4. The van der Waals surface area contributed by atoms with E-state index in [1.165, 1.54) is 5.56 Å². The summed E-state index contributed by atoms with van der Waals surface area (Å²) in [6.45, 7) is 11.9. The Morgan fingerprint density at radius 2 is 2.10 bits per heavy atom. The molecule has 1 aromatic carbocycles. The van der Waals surface area contributed by atoms with Crippen LogP contribution in [0.1, 0.15) is 25.8 Å². The molecule has 0 aromatic heterocycles. The maximum absolute atomic E-state index is 3.86. The first-order valence-corrected chi connectivity index (χ1v) is 7.83. The van der Waals surface area contributed by atoms with Gasteiger partial charge in [-0.1, -0.05) is 50.3 Å². The second-order valence-electron chi connectivity index (χ2n) is 6.18. The van der Waals surface area contributed by atoms with Crippen LogP contribution < -0.4 is 5.32 Å². The average Bonchev–Trinajstić information content (AvgIpc) is 2.46. The van der Waals surface area contributed by atoms with Gasteiger partial charge in [0.1, 0.15) is 0 Å². The van der Waals surface area contributed by atoms with Crippen LogP contribution in [0.25, 0.3) is 0 Å². The van der Waals surface area contributed by atoms with Crippen LogP contribution in [-0.4, -0.2) is 36.6 Å². The molecule has 0 amide bonds. The molecule has 0 aliphatic carbocycles. The highest BCUT2D eigenvalue weighted by Gasteiger charge is 2.29. The quantitative estimate of drug-likeness (QED) is 0.801. The zero-order valence-corrected chi connectivity index (χ0v) is 12.9. The maximum atomic E-state index is 3.86. The minimum Gasteiger partial charge on any atom is -0.311 e. The van der Waals surface area contributed by atoms with E-state index in [-0.39, 0.29) is 0 Å². The third-order valence-corrected chi connectivity index (χ3v) is 4.25. The van der Waals surface area contributed by atoms with Gasteiger partial charge in [-0.25, -0.2) is 0 Å². The summed E-state index contributed by atoms with van der Waals surface area (Å²) in [4.78, 5) is 2.65. The van der Waals surface area contributed by atoms with Crippen LogP contribution in [0.4, 0.5) is 0 Å². The molecule has 1 aromatic rings. The second kappa shape index (κ2) is 7.61. The summed E-state index contributed by atoms with van der Waals surface area (Å²) in [5, 5.41) is 3.74. The molecule has 2 heteroatoms. The number of nitrogens with zero attached hydrogens (tertiary/aromatic N) is 1. The van der Waals surface area contributed by atoms with Gasteiger partial charge in [0, 0.05) is 31.7 Å².